The Bertz CT molecular complexity index is 1040. The van der Waals surface area contributed by atoms with Gasteiger partial charge in [-0.3, -0.25) is 4.98 Å². The monoisotopic (exact) mass is 336 g/mol. The fourth-order valence-electron chi connectivity index (χ4n) is 3.17. The SMILES string of the molecule is [2H]C(C)(c1ccccc1)c1cccc(-c2cc(-c3ccccc3)ccn2)c1. The number of benzene rings is 3. The second-order valence-electron chi connectivity index (χ2n) is 6.37. The number of rotatable bonds is 4. The van der Waals surface area contributed by atoms with Gasteiger partial charge < -0.3 is 0 Å². The van der Waals surface area contributed by atoms with Crippen molar-refractivity contribution in [2.75, 3.05) is 0 Å². The van der Waals surface area contributed by atoms with Crippen LogP contribution in [0.5, 0.6) is 0 Å². The normalized spacial score (nSPS) is 13.7. The molecule has 1 unspecified atom stereocenters. The van der Waals surface area contributed by atoms with Gasteiger partial charge in [0.05, 0.1) is 5.69 Å². The molecule has 126 valence electrons. The molecule has 0 saturated heterocycles. The van der Waals surface area contributed by atoms with Crippen LogP contribution >= 0.6 is 0 Å². The molecule has 1 atom stereocenters. The summed E-state index contributed by atoms with van der Waals surface area (Å²) in [6.07, 6.45) is 1.85. The van der Waals surface area contributed by atoms with Gasteiger partial charge >= 0.3 is 0 Å². The Balaban J connectivity index is 1.74. The summed E-state index contributed by atoms with van der Waals surface area (Å²) in [5.41, 5.74) is 6.20. The second-order valence-corrected chi connectivity index (χ2v) is 6.37. The zero-order valence-corrected chi connectivity index (χ0v) is 14.8. The summed E-state index contributed by atoms with van der Waals surface area (Å²) < 4.78 is 8.92. The van der Waals surface area contributed by atoms with Gasteiger partial charge in [-0.25, -0.2) is 0 Å². The molecule has 1 aromatic heterocycles. The molecule has 0 spiro atoms. The van der Waals surface area contributed by atoms with Gasteiger partial charge in [0.1, 0.15) is 0 Å². The van der Waals surface area contributed by atoms with Crippen LogP contribution in [0.25, 0.3) is 22.4 Å². The van der Waals surface area contributed by atoms with Gasteiger partial charge in [0.2, 0.25) is 0 Å². The lowest BCUT2D eigenvalue weighted by atomic mass is 9.91. The van der Waals surface area contributed by atoms with Crippen molar-refractivity contribution in [2.24, 2.45) is 0 Å². The zero-order chi connectivity index (χ0) is 18.7. The minimum absolute atomic E-state index is 0.811. The van der Waals surface area contributed by atoms with Crippen LogP contribution in [0.2, 0.25) is 0 Å². The van der Waals surface area contributed by atoms with Crippen molar-refractivity contribution < 1.29 is 1.37 Å². The van der Waals surface area contributed by atoms with E-state index < -0.39 is 5.89 Å². The van der Waals surface area contributed by atoms with Crippen LogP contribution < -0.4 is 0 Å². The van der Waals surface area contributed by atoms with Crippen LogP contribution in [-0.2, 0) is 0 Å². The Morgan fingerprint density at radius 2 is 1.31 bits per heavy atom. The molecule has 0 radical (unpaired) electrons. The van der Waals surface area contributed by atoms with Gasteiger partial charge in [0, 0.05) is 19.0 Å². The smallest absolute Gasteiger partial charge is 0.0708 e. The Hall–Kier alpha value is -3.19. The molecule has 0 aliphatic heterocycles. The van der Waals surface area contributed by atoms with Crippen LogP contribution in [0.1, 0.15) is 25.3 Å². The molecular weight excluding hydrogens is 314 g/mol. The highest BCUT2D eigenvalue weighted by Gasteiger charge is 2.10. The highest BCUT2D eigenvalue weighted by atomic mass is 14.7. The lowest BCUT2D eigenvalue weighted by Gasteiger charge is -2.14. The Labute approximate surface area is 156 Å². The van der Waals surface area contributed by atoms with E-state index in [1.807, 2.05) is 79.9 Å². The van der Waals surface area contributed by atoms with Crippen LogP contribution in [0.4, 0.5) is 0 Å². The van der Waals surface area contributed by atoms with E-state index in [0.29, 0.717) is 0 Å². The average Bonchev–Trinajstić information content (AvgIpc) is 2.75. The molecule has 0 aliphatic carbocycles. The van der Waals surface area contributed by atoms with Gasteiger partial charge in [-0.1, -0.05) is 85.8 Å². The highest BCUT2D eigenvalue weighted by molar-refractivity contribution is 5.70. The molecule has 4 aromatic rings. The van der Waals surface area contributed by atoms with Crippen LogP contribution in [0.3, 0.4) is 0 Å². The summed E-state index contributed by atoms with van der Waals surface area (Å²) in [4.78, 5) is 4.57. The van der Waals surface area contributed by atoms with Crippen molar-refractivity contribution in [2.45, 2.75) is 12.8 Å². The van der Waals surface area contributed by atoms with Crippen molar-refractivity contribution in [3.05, 3.63) is 114 Å². The van der Waals surface area contributed by atoms with E-state index in [4.69, 9.17) is 1.37 Å². The molecule has 0 bridgehead atoms. The minimum Gasteiger partial charge on any atom is -0.256 e. The minimum atomic E-state index is -0.811. The first-order chi connectivity index (χ1) is 13.1. The maximum Gasteiger partial charge on any atom is 0.0708 e. The molecular formula is C25H21N. The lowest BCUT2D eigenvalue weighted by Crippen LogP contribution is -1.96. The third-order valence-corrected chi connectivity index (χ3v) is 4.67. The molecule has 1 nitrogen and oxygen atoms in total. The third-order valence-electron chi connectivity index (χ3n) is 4.67. The first kappa shape index (κ1) is 15.1. The summed E-state index contributed by atoms with van der Waals surface area (Å²) in [7, 11) is 0. The summed E-state index contributed by atoms with van der Waals surface area (Å²) >= 11 is 0. The largest absolute Gasteiger partial charge is 0.256 e. The first-order valence-corrected chi connectivity index (χ1v) is 8.82. The van der Waals surface area contributed by atoms with Gasteiger partial charge in [-0.15, -0.1) is 0 Å². The fraction of sp³-hybridized carbons (Fsp3) is 0.0800. The van der Waals surface area contributed by atoms with Gasteiger partial charge in [0.25, 0.3) is 0 Å². The summed E-state index contributed by atoms with van der Waals surface area (Å²) in [6.45, 7) is 1.94. The Morgan fingerprint density at radius 1 is 0.654 bits per heavy atom. The first-order valence-electron chi connectivity index (χ1n) is 9.32. The van der Waals surface area contributed by atoms with Gasteiger partial charge in [-0.05, 0) is 40.5 Å². The molecule has 0 fully saturated rings. The molecule has 0 aliphatic rings. The Kier molecular flexibility index (Phi) is 4.28. The molecule has 0 amide bonds. The number of nitrogens with zero attached hydrogens (tertiary/aromatic N) is 1. The summed E-state index contributed by atoms with van der Waals surface area (Å²) in [6, 6.07) is 32.6. The number of aromatic nitrogens is 1. The second kappa shape index (κ2) is 7.37. The highest BCUT2D eigenvalue weighted by Crippen LogP contribution is 2.29. The van der Waals surface area contributed by atoms with Crippen LogP contribution in [0, 0.1) is 0 Å². The van der Waals surface area contributed by atoms with Crippen molar-refractivity contribution >= 4 is 0 Å². The van der Waals surface area contributed by atoms with E-state index in [1.54, 1.807) is 0 Å². The van der Waals surface area contributed by atoms with Crippen molar-refractivity contribution in [3.63, 3.8) is 0 Å². The standard InChI is InChI=1S/C25H21N/c1-19(20-9-4-2-5-10-20)22-13-8-14-24(17-22)25-18-23(15-16-26-25)21-11-6-3-7-12-21/h2-19H,1H3/i19D. The maximum atomic E-state index is 8.92. The van der Waals surface area contributed by atoms with Crippen molar-refractivity contribution in [1.29, 1.82) is 0 Å². The predicted molar refractivity (Wildman–Crippen MR) is 109 cm³/mol. The molecule has 4 rings (SSSR count). The maximum absolute atomic E-state index is 8.92. The lowest BCUT2D eigenvalue weighted by molar-refractivity contribution is 0.923. The number of hydrogen-bond donors (Lipinski definition) is 0. The van der Waals surface area contributed by atoms with Gasteiger partial charge in [-0.2, -0.15) is 0 Å². The number of pyridine rings is 1. The molecule has 0 N–H and O–H groups in total. The van der Waals surface area contributed by atoms with E-state index in [0.717, 1.165) is 27.9 Å². The molecule has 3 aromatic carbocycles. The van der Waals surface area contributed by atoms with Crippen molar-refractivity contribution in [3.8, 4) is 22.4 Å². The van der Waals surface area contributed by atoms with Crippen LogP contribution in [0.15, 0.2) is 103 Å². The van der Waals surface area contributed by atoms with E-state index in [1.165, 1.54) is 5.56 Å². The van der Waals surface area contributed by atoms with Crippen molar-refractivity contribution in [1.82, 2.24) is 4.98 Å². The molecule has 1 heterocycles. The average molecular weight is 336 g/mol. The number of hydrogen-bond acceptors (Lipinski definition) is 1. The summed E-state index contributed by atoms with van der Waals surface area (Å²) in [5, 5.41) is 0. The zero-order valence-electron chi connectivity index (χ0n) is 15.8. The van der Waals surface area contributed by atoms with Gasteiger partial charge in [0.15, 0.2) is 0 Å². The third kappa shape index (κ3) is 3.43. The quantitative estimate of drug-likeness (QED) is 0.411. The molecule has 1 heteroatoms. The topological polar surface area (TPSA) is 12.9 Å². The van der Waals surface area contributed by atoms with E-state index >= 15 is 0 Å². The summed E-state index contributed by atoms with van der Waals surface area (Å²) in [5.74, 6) is -0.811. The van der Waals surface area contributed by atoms with E-state index in [9.17, 15) is 0 Å². The predicted octanol–water partition coefficient (Wildman–Crippen LogP) is 6.57. The fourth-order valence-corrected chi connectivity index (χ4v) is 3.17. The van der Waals surface area contributed by atoms with E-state index in [2.05, 4.69) is 35.3 Å². The Morgan fingerprint density at radius 3 is 2.08 bits per heavy atom. The van der Waals surface area contributed by atoms with Crippen LogP contribution in [-0.4, -0.2) is 4.98 Å². The molecule has 26 heavy (non-hydrogen) atoms. The van der Waals surface area contributed by atoms with E-state index in [-0.39, 0.29) is 0 Å². The molecule has 0 saturated carbocycles.